The minimum absolute atomic E-state index is 0.0307. The first-order chi connectivity index (χ1) is 9.90. The Morgan fingerprint density at radius 1 is 1.38 bits per heavy atom. The molecule has 0 saturated heterocycles. The summed E-state index contributed by atoms with van der Waals surface area (Å²) in [6.07, 6.45) is 0. The van der Waals surface area contributed by atoms with Crippen molar-refractivity contribution in [2.45, 2.75) is 0 Å². The second-order valence-electron chi connectivity index (χ2n) is 4.00. The molecule has 0 aromatic heterocycles. The van der Waals surface area contributed by atoms with E-state index in [0.717, 1.165) is 0 Å². The molecule has 8 heteroatoms. The van der Waals surface area contributed by atoms with Gasteiger partial charge in [-0.15, -0.1) is 0 Å². The molecule has 0 unspecified atom stereocenters. The molecule has 0 aliphatic rings. The molecule has 0 aliphatic carbocycles. The first-order valence-electron chi connectivity index (χ1n) is 5.65. The molecule has 0 bridgehead atoms. The Hall–Kier alpha value is -2.12. The van der Waals surface area contributed by atoms with Crippen LogP contribution in [0.5, 0.6) is 11.5 Å². The third-order valence-corrected chi connectivity index (χ3v) is 3.55. The van der Waals surface area contributed by atoms with E-state index in [9.17, 15) is 10.1 Å². The number of nitro benzene ring substituents is 1. The Balaban J connectivity index is 2.39. The number of nitrogens with one attached hydrogen (secondary N) is 1. The van der Waals surface area contributed by atoms with Gasteiger partial charge in [0.05, 0.1) is 10.5 Å². The van der Waals surface area contributed by atoms with Gasteiger partial charge in [-0.25, -0.2) is 0 Å². The van der Waals surface area contributed by atoms with Crippen molar-refractivity contribution in [2.75, 3.05) is 0 Å². The van der Waals surface area contributed by atoms with Gasteiger partial charge in [0.25, 0.3) is 5.69 Å². The average molecular weight is 371 g/mol. The highest BCUT2D eigenvalue weighted by Crippen LogP contribution is 2.34. The molecule has 0 saturated carbocycles. The number of nitrogen functional groups attached to an aromatic ring is 1. The summed E-state index contributed by atoms with van der Waals surface area (Å²) in [5.74, 6) is 0.499. The number of nitrogens with zero attached hydrogens (tertiary/aromatic N) is 1. The number of benzene rings is 2. The monoisotopic (exact) mass is 369 g/mol. The predicted molar refractivity (Wildman–Crippen MR) is 83.3 cm³/mol. The highest BCUT2D eigenvalue weighted by Gasteiger charge is 2.15. The summed E-state index contributed by atoms with van der Waals surface area (Å²) >= 11 is 9.12. The van der Waals surface area contributed by atoms with Crippen molar-refractivity contribution < 1.29 is 9.66 Å². The fourth-order valence-corrected chi connectivity index (χ4v) is 2.48. The van der Waals surface area contributed by atoms with Gasteiger partial charge >= 0.3 is 0 Å². The quantitative estimate of drug-likeness (QED) is 0.366. The van der Waals surface area contributed by atoms with E-state index in [1.54, 1.807) is 18.2 Å². The molecule has 0 aliphatic heterocycles. The highest BCUT2D eigenvalue weighted by molar-refractivity contribution is 9.10. The summed E-state index contributed by atoms with van der Waals surface area (Å²) in [6, 6.07) is 9.10. The van der Waals surface area contributed by atoms with E-state index in [0.29, 0.717) is 21.5 Å². The number of nitro groups is 1. The van der Waals surface area contributed by atoms with Crippen LogP contribution in [0.4, 0.5) is 5.69 Å². The molecule has 6 nitrogen and oxygen atoms in total. The third kappa shape index (κ3) is 3.32. The summed E-state index contributed by atoms with van der Waals surface area (Å²) in [7, 11) is 0. The number of ether oxygens (including phenoxy) is 1. The predicted octanol–water partition coefficient (Wildman–Crippen LogP) is 4.09. The maximum Gasteiger partial charge on any atom is 0.288 e. The zero-order chi connectivity index (χ0) is 15.6. The Morgan fingerprint density at radius 3 is 2.67 bits per heavy atom. The lowest BCUT2D eigenvalue weighted by Crippen LogP contribution is -2.13. The molecule has 3 N–H and O–H groups in total. The van der Waals surface area contributed by atoms with E-state index in [-0.39, 0.29) is 16.5 Å². The van der Waals surface area contributed by atoms with Crippen molar-refractivity contribution in [2.24, 2.45) is 5.73 Å². The normalized spacial score (nSPS) is 10.2. The van der Waals surface area contributed by atoms with Crippen LogP contribution >= 0.6 is 27.5 Å². The molecule has 0 fully saturated rings. The topological polar surface area (TPSA) is 102 Å². The van der Waals surface area contributed by atoms with E-state index in [1.807, 2.05) is 0 Å². The SMILES string of the molecule is N=C(N)c1c(Br)cccc1Oc1ccc([N+](=O)[O-])c(Cl)c1. The van der Waals surface area contributed by atoms with Gasteiger partial charge in [-0.05, 0) is 34.1 Å². The second kappa shape index (κ2) is 6.11. The van der Waals surface area contributed by atoms with Crippen molar-refractivity contribution >= 4 is 39.1 Å². The van der Waals surface area contributed by atoms with Crippen LogP contribution in [0.2, 0.25) is 5.02 Å². The minimum atomic E-state index is -0.577. The fourth-order valence-electron chi connectivity index (χ4n) is 1.68. The molecular formula is C13H9BrClN3O3. The lowest BCUT2D eigenvalue weighted by molar-refractivity contribution is -0.384. The molecule has 2 aromatic rings. The summed E-state index contributed by atoms with van der Waals surface area (Å²) in [5, 5.41) is 18.2. The summed E-state index contributed by atoms with van der Waals surface area (Å²) in [5.41, 5.74) is 5.71. The summed E-state index contributed by atoms with van der Waals surface area (Å²) < 4.78 is 6.22. The largest absolute Gasteiger partial charge is 0.456 e. The van der Waals surface area contributed by atoms with Crippen LogP contribution in [-0.4, -0.2) is 10.8 Å². The van der Waals surface area contributed by atoms with Gasteiger partial charge in [-0.3, -0.25) is 15.5 Å². The molecule has 0 heterocycles. The Morgan fingerprint density at radius 2 is 2.10 bits per heavy atom. The van der Waals surface area contributed by atoms with Crippen molar-refractivity contribution in [1.82, 2.24) is 0 Å². The molecular weight excluding hydrogens is 362 g/mol. The maximum atomic E-state index is 10.7. The smallest absolute Gasteiger partial charge is 0.288 e. The molecule has 0 amide bonds. The number of halogens is 2. The minimum Gasteiger partial charge on any atom is -0.456 e. The Bertz CT molecular complexity index is 737. The average Bonchev–Trinajstić information content (AvgIpc) is 2.37. The van der Waals surface area contributed by atoms with Gasteiger partial charge in [0, 0.05) is 16.6 Å². The third-order valence-electron chi connectivity index (χ3n) is 2.59. The van der Waals surface area contributed by atoms with Crippen molar-refractivity contribution in [3.05, 3.63) is 61.6 Å². The van der Waals surface area contributed by atoms with Crippen LogP contribution in [0.25, 0.3) is 0 Å². The number of amidine groups is 1. The first kappa shape index (κ1) is 15.3. The first-order valence-corrected chi connectivity index (χ1v) is 6.82. The molecule has 21 heavy (non-hydrogen) atoms. The van der Waals surface area contributed by atoms with Gasteiger partial charge in [-0.2, -0.15) is 0 Å². The number of rotatable bonds is 4. The van der Waals surface area contributed by atoms with Gasteiger partial charge < -0.3 is 10.5 Å². The van der Waals surface area contributed by atoms with Crippen LogP contribution in [0, 0.1) is 15.5 Å². The van der Waals surface area contributed by atoms with E-state index in [2.05, 4.69) is 15.9 Å². The van der Waals surface area contributed by atoms with Gasteiger partial charge in [-0.1, -0.05) is 17.7 Å². The highest BCUT2D eigenvalue weighted by atomic mass is 79.9. The molecule has 0 radical (unpaired) electrons. The number of hydrogen-bond donors (Lipinski definition) is 2. The lowest BCUT2D eigenvalue weighted by atomic mass is 10.2. The summed E-state index contributed by atoms with van der Waals surface area (Å²) in [6.45, 7) is 0. The van der Waals surface area contributed by atoms with Gasteiger partial charge in [0.2, 0.25) is 0 Å². The zero-order valence-electron chi connectivity index (χ0n) is 10.5. The van der Waals surface area contributed by atoms with E-state index < -0.39 is 4.92 Å². The van der Waals surface area contributed by atoms with Gasteiger partial charge in [0.15, 0.2) is 0 Å². The van der Waals surface area contributed by atoms with Crippen molar-refractivity contribution in [3.8, 4) is 11.5 Å². The fraction of sp³-hybridized carbons (Fsp3) is 0. The Kier molecular flexibility index (Phi) is 4.44. The summed E-state index contributed by atoms with van der Waals surface area (Å²) in [4.78, 5) is 10.1. The molecule has 2 rings (SSSR count). The zero-order valence-corrected chi connectivity index (χ0v) is 12.8. The standard InChI is InChI=1S/C13H9BrClN3O3/c14-8-2-1-3-11(12(8)13(16)17)21-7-4-5-10(18(19)20)9(15)6-7/h1-6H,(H3,16,17). The molecule has 108 valence electrons. The van der Waals surface area contributed by atoms with E-state index >= 15 is 0 Å². The van der Waals surface area contributed by atoms with E-state index in [4.69, 9.17) is 27.5 Å². The second-order valence-corrected chi connectivity index (χ2v) is 5.26. The van der Waals surface area contributed by atoms with Crippen molar-refractivity contribution in [1.29, 1.82) is 5.41 Å². The van der Waals surface area contributed by atoms with Crippen LogP contribution in [-0.2, 0) is 0 Å². The van der Waals surface area contributed by atoms with Crippen LogP contribution in [0.1, 0.15) is 5.56 Å². The maximum absolute atomic E-state index is 10.7. The van der Waals surface area contributed by atoms with Crippen LogP contribution in [0.3, 0.4) is 0 Å². The molecule has 0 atom stereocenters. The number of nitrogens with two attached hydrogens (primary N) is 1. The van der Waals surface area contributed by atoms with Crippen LogP contribution < -0.4 is 10.5 Å². The molecule has 2 aromatic carbocycles. The molecule has 0 spiro atoms. The van der Waals surface area contributed by atoms with Crippen molar-refractivity contribution in [3.63, 3.8) is 0 Å². The van der Waals surface area contributed by atoms with E-state index in [1.165, 1.54) is 18.2 Å². The number of hydrogen-bond acceptors (Lipinski definition) is 4. The Labute approximate surface area is 133 Å². The lowest BCUT2D eigenvalue weighted by Gasteiger charge is -2.11. The van der Waals surface area contributed by atoms with Crippen LogP contribution in [0.15, 0.2) is 40.9 Å². The van der Waals surface area contributed by atoms with Gasteiger partial charge in [0.1, 0.15) is 22.4 Å².